The molecule has 2 aromatic rings. The Labute approximate surface area is 141 Å². The zero-order valence-corrected chi connectivity index (χ0v) is 14.2. The molecule has 1 aliphatic carbocycles. The molecule has 128 valence electrons. The van der Waals surface area contributed by atoms with Gasteiger partial charge in [-0.25, -0.2) is 0 Å². The molecule has 0 radical (unpaired) electrons. The minimum atomic E-state index is -0.203. The fourth-order valence-electron chi connectivity index (χ4n) is 3.19. The molecular weight excluding hydrogens is 306 g/mol. The quantitative estimate of drug-likeness (QED) is 0.882. The average Bonchev–Trinajstić information content (AvgIpc) is 3.04. The molecule has 1 amide bonds. The molecule has 1 aromatic carbocycles. The van der Waals surface area contributed by atoms with Crippen molar-refractivity contribution < 1.29 is 14.3 Å². The van der Waals surface area contributed by atoms with Crippen LogP contribution in [-0.2, 0) is 19.4 Å². The third kappa shape index (κ3) is 3.22. The first-order valence-electron chi connectivity index (χ1n) is 8.27. The summed E-state index contributed by atoms with van der Waals surface area (Å²) in [6.45, 7) is 1.17. The van der Waals surface area contributed by atoms with Crippen LogP contribution in [0.3, 0.4) is 0 Å². The van der Waals surface area contributed by atoms with Crippen LogP contribution in [0.2, 0.25) is 0 Å². The van der Waals surface area contributed by atoms with Gasteiger partial charge in [0.25, 0.3) is 5.91 Å². The number of carbonyl (C=O) groups is 1. The van der Waals surface area contributed by atoms with Gasteiger partial charge in [0.1, 0.15) is 17.1 Å². The second kappa shape index (κ2) is 7.38. The first kappa shape index (κ1) is 16.4. The van der Waals surface area contributed by atoms with Crippen LogP contribution in [0, 0.1) is 0 Å². The minimum absolute atomic E-state index is 0.203. The Morgan fingerprint density at radius 1 is 1.21 bits per heavy atom. The predicted molar refractivity (Wildman–Crippen MR) is 90.7 cm³/mol. The maximum absolute atomic E-state index is 12.5. The van der Waals surface area contributed by atoms with Crippen molar-refractivity contribution in [2.45, 2.75) is 32.2 Å². The topological polar surface area (TPSA) is 65.4 Å². The summed E-state index contributed by atoms with van der Waals surface area (Å²) in [6, 6.07) is 5.30. The van der Waals surface area contributed by atoms with Crippen molar-refractivity contribution in [3.8, 4) is 11.5 Å². The summed E-state index contributed by atoms with van der Waals surface area (Å²) in [7, 11) is 3.09. The number of ether oxygens (including phenoxy) is 2. The maximum atomic E-state index is 12.5. The first-order valence-corrected chi connectivity index (χ1v) is 8.27. The van der Waals surface area contributed by atoms with Crippen LogP contribution >= 0.6 is 0 Å². The van der Waals surface area contributed by atoms with Crippen LogP contribution in [0.5, 0.6) is 11.5 Å². The molecule has 6 heteroatoms. The first-order chi connectivity index (χ1) is 11.7. The van der Waals surface area contributed by atoms with E-state index in [0.717, 1.165) is 12.8 Å². The number of amides is 1. The predicted octanol–water partition coefficient (Wildman–Crippen LogP) is 2.21. The summed E-state index contributed by atoms with van der Waals surface area (Å²) in [4.78, 5) is 12.5. The van der Waals surface area contributed by atoms with Gasteiger partial charge in [-0.15, -0.1) is 0 Å². The molecule has 1 N–H and O–H groups in total. The monoisotopic (exact) mass is 329 g/mol. The summed E-state index contributed by atoms with van der Waals surface area (Å²) in [5, 5.41) is 7.38. The SMILES string of the molecule is COc1cccc(OC)c1C(=O)NCCn1ncc2c1CCCC2. The molecule has 0 spiro atoms. The van der Waals surface area contributed by atoms with Crippen molar-refractivity contribution in [3.05, 3.63) is 41.2 Å². The van der Waals surface area contributed by atoms with Gasteiger partial charge in [0.15, 0.2) is 0 Å². The van der Waals surface area contributed by atoms with E-state index in [-0.39, 0.29) is 5.91 Å². The summed E-state index contributed by atoms with van der Waals surface area (Å²) >= 11 is 0. The summed E-state index contributed by atoms with van der Waals surface area (Å²) in [5.41, 5.74) is 3.08. The number of methoxy groups -OCH3 is 2. The third-order valence-electron chi connectivity index (χ3n) is 4.41. The second-order valence-corrected chi connectivity index (χ2v) is 5.84. The third-order valence-corrected chi connectivity index (χ3v) is 4.41. The minimum Gasteiger partial charge on any atom is -0.496 e. The molecule has 6 nitrogen and oxygen atoms in total. The molecule has 0 fully saturated rings. The van der Waals surface area contributed by atoms with Crippen molar-refractivity contribution in [1.82, 2.24) is 15.1 Å². The van der Waals surface area contributed by atoms with E-state index in [2.05, 4.69) is 10.4 Å². The van der Waals surface area contributed by atoms with E-state index in [9.17, 15) is 4.79 Å². The highest BCUT2D eigenvalue weighted by atomic mass is 16.5. The molecule has 1 heterocycles. The van der Waals surface area contributed by atoms with E-state index in [1.165, 1.54) is 24.1 Å². The van der Waals surface area contributed by atoms with Crippen LogP contribution in [-0.4, -0.2) is 36.5 Å². The van der Waals surface area contributed by atoms with Crippen molar-refractivity contribution in [2.24, 2.45) is 0 Å². The van der Waals surface area contributed by atoms with E-state index in [1.54, 1.807) is 32.4 Å². The van der Waals surface area contributed by atoms with Crippen molar-refractivity contribution in [2.75, 3.05) is 20.8 Å². The Morgan fingerprint density at radius 2 is 1.92 bits per heavy atom. The fourth-order valence-corrected chi connectivity index (χ4v) is 3.19. The molecular formula is C18H23N3O3. The summed E-state index contributed by atoms with van der Waals surface area (Å²) in [5.74, 6) is 0.803. The van der Waals surface area contributed by atoms with Gasteiger partial charge in [0.05, 0.1) is 27.0 Å². The van der Waals surface area contributed by atoms with Crippen molar-refractivity contribution in [3.63, 3.8) is 0 Å². The molecule has 0 saturated heterocycles. The number of rotatable bonds is 6. The Bertz CT molecular complexity index is 702. The molecule has 24 heavy (non-hydrogen) atoms. The number of carbonyl (C=O) groups excluding carboxylic acids is 1. The van der Waals surface area contributed by atoms with Gasteiger partial charge in [-0.05, 0) is 43.4 Å². The van der Waals surface area contributed by atoms with Crippen LogP contribution in [0.1, 0.15) is 34.5 Å². The highest BCUT2D eigenvalue weighted by molar-refractivity contribution is 5.99. The zero-order valence-electron chi connectivity index (χ0n) is 14.2. The fraction of sp³-hybridized carbons (Fsp3) is 0.444. The molecule has 0 saturated carbocycles. The number of benzene rings is 1. The Balaban J connectivity index is 1.65. The standard InChI is InChI=1S/C18H23N3O3/c1-23-15-8-5-9-16(24-2)17(15)18(22)19-10-11-21-14-7-4-3-6-13(14)12-20-21/h5,8-9,12H,3-4,6-7,10-11H2,1-2H3,(H,19,22). The van der Waals surface area contributed by atoms with Gasteiger partial charge >= 0.3 is 0 Å². The van der Waals surface area contributed by atoms with Crippen LogP contribution in [0.15, 0.2) is 24.4 Å². The Morgan fingerprint density at radius 3 is 2.62 bits per heavy atom. The van der Waals surface area contributed by atoms with Crippen LogP contribution in [0.4, 0.5) is 0 Å². The van der Waals surface area contributed by atoms with Gasteiger partial charge in [-0.1, -0.05) is 6.07 Å². The lowest BCUT2D eigenvalue weighted by Crippen LogP contribution is -2.29. The zero-order chi connectivity index (χ0) is 16.9. The second-order valence-electron chi connectivity index (χ2n) is 5.84. The number of nitrogens with zero attached hydrogens (tertiary/aromatic N) is 2. The Kier molecular flexibility index (Phi) is 5.03. The highest BCUT2D eigenvalue weighted by Gasteiger charge is 2.18. The van der Waals surface area contributed by atoms with Gasteiger partial charge in [-0.3, -0.25) is 9.48 Å². The molecule has 1 aromatic heterocycles. The van der Waals surface area contributed by atoms with Gasteiger partial charge in [0.2, 0.25) is 0 Å². The van der Waals surface area contributed by atoms with Gasteiger partial charge in [0, 0.05) is 12.2 Å². The highest BCUT2D eigenvalue weighted by Crippen LogP contribution is 2.28. The number of aromatic nitrogens is 2. The number of nitrogens with one attached hydrogen (secondary N) is 1. The lowest BCUT2D eigenvalue weighted by atomic mass is 9.98. The molecule has 1 aliphatic rings. The van der Waals surface area contributed by atoms with Crippen molar-refractivity contribution >= 4 is 5.91 Å². The molecule has 0 bridgehead atoms. The Hall–Kier alpha value is -2.50. The molecule has 0 unspecified atom stereocenters. The van der Waals surface area contributed by atoms with E-state index < -0.39 is 0 Å². The molecule has 0 atom stereocenters. The normalized spacial score (nSPS) is 13.2. The van der Waals surface area contributed by atoms with Crippen LogP contribution < -0.4 is 14.8 Å². The van der Waals surface area contributed by atoms with Crippen molar-refractivity contribution in [1.29, 1.82) is 0 Å². The molecule has 3 rings (SSSR count). The van der Waals surface area contributed by atoms with E-state index in [1.807, 2.05) is 10.9 Å². The smallest absolute Gasteiger partial charge is 0.258 e. The number of hydrogen-bond acceptors (Lipinski definition) is 4. The van der Waals surface area contributed by atoms with E-state index >= 15 is 0 Å². The van der Waals surface area contributed by atoms with E-state index in [0.29, 0.717) is 30.2 Å². The average molecular weight is 329 g/mol. The van der Waals surface area contributed by atoms with E-state index in [4.69, 9.17) is 9.47 Å². The largest absolute Gasteiger partial charge is 0.496 e. The summed E-state index contributed by atoms with van der Waals surface area (Å²) < 4.78 is 12.6. The van der Waals surface area contributed by atoms with Gasteiger partial charge in [-0.2, -0.15) is 5.10 Å². The van der Waals surface area contributed by atoms with Crippen LogP contribution in [0.25, 0.3) is 0 Å². The number of hydrogen-bond donors (Lipinski definition) is 1. The lowest BCUT2D eigenvalue weighted by molar-refractivity contribution is 0.0945. The lowest BCUT2D eigenvalue weighted by Gasteiger charge is -2.15. The maximum Gasteiger partial charge on any atom is 0.258 e. The number of fused-ring (bicyclic) bond motifs is 1. The summed E-state index contributed by atoms with van der Waals surface area (Å²) in [6.07, 6.45) is 6.59. The van der Waals surface area contributed by atoms with Gasteiger partial charge < -0.3 is 14.8 Å². The molecule has 0 aliphatic heterocycles. The number of aryl methyl sites for hydroxylation is 1.